The summed E-state index contributed by atoms with van der Waals surface area (Å²) in [7, 11) is 0. The van der Waals surface area contributed by atoms with E-state index in [9.17, 15) is 9.18 Å². The molecule has 1 atom stereocenters. The van der Waals surface area contributed by atoms with Gasteiger partial charge in [-0.05, 0) is 29.5 Å². The van der Waals surface area contributed by atoms with Gasteiger partial charge in [0.15, 0.2) is 0 Å². The minimum absolute atomic E-state index is 0.0280. The molecule has 0 fully saturated rings. The van der Waals surface area contributed by atoms with Gasteiger partial charge >= 0.3 is 6.03 Å². The maximum Gasteiger partial charge on any atom is 0.315 e. The van der Waals surface area contributed by atoms with E-state index in [0.717, 1.165) is 5.56 Å². The topological polar surface area (TPSA) is 61.4 Å². The Morgan fingerprint density at radius 1 is 1.30 bits per heavy atom. The number of amides is 2. The predicted octanol–water partition coefficient (Wildman–Crippen LogP) is 2.42. The van der Waals surface area contributed by atoms with Gasteiger partial charge in [0, 0.05) is 19.2 Å². The van der Waals surface area contributed by atoms with Crippen molar-refractivity contribution in [1.29, 1.82) is 0 Å². The highest BCUT2D eigenvalue weighted by atomic mass is 19.1. The Labute approximate surface area is 119 Å². The van der Waals surface area contributed by atoms with Crippen LogP contribution in [-0.4, -0.2) is 23.8 Å². The third-order valence-corrected chi connectivity index (χ3v) is 3.13. The molecule has 1 aromatic carbocycles. The first kappa shape index (κ1) is 16.4. The fraction of sp³-hybridized carbons (Fsp3) is 0.533. The van der Waals surface area contributed by atoms with E-state index in [0.29, 0.717) is 13.0 Å². The molecule has 0 spiro atoms. The van der Waals surface area contributed by atoms with Crippen LogP contribution in [0.3, 0.4) is 0 Å². The van der Waals surface area contributed by atoms with Crippen LogP contribution in [0.25, 0.3) is 0 Å². The molecule has 112 valence electrons. The second-order valence-electron chi connectivity index (χ2n) is 5.88. The molecule has 4 nitrogen and oxygen atoms in total. The Kier molecular flexibility index (Phi) is 5.95. The molecule has 0 radical (unpaired) electrons. The molecule has 0 aliphatic rings. The zero-order valence-electron chi connectivity index (χ0n) is 12.2. The molecule has 0 saturated carbocycles. The smallest absolute Gasteiger partial charge is 0.315 e. The van der Waals surface area contributed by atoms with Crippen molar-refractivity contribution in [1.82, 2.24) is 10.6 Å². The summed E-state index contributed by atoms with van der Waals surface area (Å²) in [5, 5.41) is 14.6. The van der Waals surface area contributed by atoms with E-state index in [1.165, 1.54) is 12.1 Å². The van der Waals surface area contributed by atoms with Crippen molar-refractivity contribution < 1.29 is 14.3 Å². The van der Waals surface area contributed by atoms with E-state index >= 15 is 0 Å². The van der Waals surface area contributed by atoms with E-state index < -0.39 is 0 Å². The number of halogens is 1. The highest BCUT2D eigenvalue weighted by molar-refractivity contribution is 5.74. The van der Waals surface area contributed by atoms with Crippen molar-refractivity contribution in [2.24, 2.45) is 5.41 Å². The van der Waals surface area contributed by atoms with E-state index in [2.05, 4.69) is 10.6 Å². The second kappa shape index (κ2) is 7.24. The molecular weight excluding hydrogens is 259 g/mol. The Bertz CT molecular complexity index is 426. The molecule has 0 aliphatic carbocycles. The number of hydrogen-bond donors (Lipinski definition) is 3. The van der Waals surface area contributed by atoms with Gasteiger partial charge in [0.05, 0.1) is 0 Å². The fourth-order valence-corrected chi connectivity index (χ4v) is 1.84. The van der Waals surface area contributed by atoms with Gasteiger partial charge in [-0.1, -0.05) is 32.9 Å². The van der Waals surface area contributed by atoms with Crippen LogP contribution in [0.1, 0.15) is 32.8 Å². The number of nitrogens with one attached hydrogen (secondary N) is 2. The standard InChI is InChI=1S/C15H23FN2O2/c1-15(2,3)13(8-9-19)18-14(20)17-10-11-4-6-12(16)7-5-11/h4-7,13,19H,8-10H2,1-3H3,(H2,17,18,20)/t13-/m0/s1. The van der Waals surface area contributed by atoms with Gasteiger partial charge in [0.1, 0.15) is 5.82 Å². The van der Waals surface area contributed by atoms with Crippen LogP contribution >= 0.6 is 0 Å². The van der Waals surface area contributed by atoms with E-state index in [1.807, 2.05) is 20.8 Å². The van der Waals surface area contributed by atoms with Gasteiger partial charge < -0.3 is 15.7 Å². The van der Waals surface area contributed by atoms with Gasteiger partial charge in [-0.15, -0.1) is 0 Å². The molecule has 0 heterocycles. The average Bonchev–Trinajstić information content (AvgIpc) is 2.36. The van der Waals surface area contributed by atoms with Gasteiger partial charge in [-0.3, -0.25) is 0 Å². The molecule has 3 N–H and O–H groups in total. The number of benzene rings is 1. The highest BCUT2D eigenvalue weighted by Gasteiger charge is 2.25. The van der Waals surface area contributed by atoms with Crippen molar-refractivity contribution in [3.63, 3.8) is 0 Å². The quantitative estimate of drug-likeness (QED) is 0.776. The third kappa shape index (κ3) is 5.57. The molecule has 0 unspecified atom stereocenters. The summed E-state index contributed by atoms with van der Waals surface area (Å²) in [4.78, 5) is 11.8. The summed E-state index contributed by atoms with van der Waals surface area (Å²) in [5.74, 6) is -0.297. The summed E-state index contributed by atoms with van der Waals surface area (Å²) < 4.78 is 12.8. The lowest BCUT2D eigenvalue weighted by atomic mass is 9.85. The summed E-state index contributed by atoms with van der Waals surface area (Å²) in [6.07, 6.45) is 0.507. The van der Waals surface area contributed by atoms with Gasteiger partial charge in [-0.2, -0.15) is 0 Å². The zero-order valence-corrected chi connectivity index (χ0v) is 12.2. The number of carbonyl (C=O) groups excluding carboxylic acids is 1. The van der Waals surface area contributed by atoms with Crippen molar-refractivity contribution in [2.45, 2.75) is 39.8 Å². The maximum absolute atomic E-state index is 12.8. The number of carbonyl (C=O) groups is 1. The minimum Gasteiger partial charge on any atom is -0.396 e. The second-order valence-corrected chi connectivity index (χ2v) is 5.88. The molecule has 2 amide bonds. The SMILES string of the molecule is CC(C)(C)[C@H](CCO)NC(=O)NCc1ccc(F)cc1. The number of aliphatic hydroxyl groups is 1. The first-order chi connectivity index (χ1) is 9.32. The zero-order chi connectivity index (χ0) is 15.2. The van der Waals surface area contributed by atoms with E-state index in [4.69, 9.17) is 5.11 Å². The van der Waals surface area contributed by atoms with Gasteiger partial charge in [-0.25, -0.2) is 9.18 Å². The van der Waals surface area contributed by atoms with Crippen LogP contribution in [0.5, 0.6) is 0 Å². The number of urea groups is 1. The van der Waals surface area contributed by atoms with Crippen molar-refractivity contribution in [3.8, 4) is 0 Å². The van der Waals surface area contributed by atoms with Gasteiger partial charge in [0.25, 0.3) is 0 Å². The lowest BCUT2D eigenvalue weighted by molar-refractivity contribution is 0.189. The van der Waals surface area contributed by atoms with Crippen LogP contribution in [0.2, 0.25) is 0 Å². The highest BCUT2D eigenvalue weighted by Crippen LogP contribution is 2.21. The first-order valence-electron chi connectivity index (χ1n) is 6.72. The normalized spacial score (nSPS) is 12.8. The van der Waals surface area contributed by atoms with Crippen molar-refractivity contribution >= 4 is 6.03 Å². The Morgan fingerprint density at radius 3 is 2.40 bits per heavy atom. The lowest BCUT2D eigenvalue weighted by Crippen LogP contribution is -2.48. The van der Waals surface area contributed by atoms with Crippen molar-refractivity contribution in [3.05, 3.63) is 35.6 Å². The summed E-state index contributed by atoms with van der Waals surface area (Å²) in [6, 6.07) is 5.58. The van der Waals surface area contributed by atoms with Crippen molar-refractivity contribution in [2.75, 3.05) is 6.61 Å². The molecule has 0 aromatic heterocycles. The number of hydrogen-bond acceptors (Lipinski definition) is 2. The van der Waals surface area contributed by atoms with Crippen LogP contribution in [-0.2, 0) is 6.54 Å². The first-order valence-corrected chi connectivity index (χ1v) is 6.72. The lowest BCUT2D eigenvalue weighted by Gasteiger charge is -2.31. The number of aliphatic hydroxyl groups excluding tert-OH is 1. The Hall–Kier alpha value is -1.62. The van der Waals surface area contributed by atoms with Crippen LogP contribution in [0.15, 0.2) is 24.3 Å². The molecule has 1 rings (SSSR count). The number of rotatable bonds is 5. The van der Waals surface area contributed by atoms with Crippen LogP contribution < -0.4 is 10.6 Å². The molecular formula is C15H23FN2O2. The minimum atomic E-state index is -0.297. The average molecular weight is 282 g/mol. The third-order valence-electron chi connectivity index (χ3n) is 3.13. The molecule has 0 bridgehead atoms. The van der Waals surface area contributed by atoms with E-state index in [1.54, 1.807) is 12.1 Å². The maximum atomic E-state index is 12.8. The fourth-order valence-electron chi connectivity index (χ4n) is 1.84. The predicted molar refractivity (Wildman–Crippen MR) is 76.7 cm³/mol. The van der Waals surface area contributed by atoms with Crippen LogP contribution in [0.4, 0.5) is 9.18 Å². The Morgan fingerprint density at radius 2 is 1.90 bits per heavy atom. The monoisotopic (exact) mass is 282 g/mol. The van der Waals surface area contributed by atoms with Crippen LogP contribution in [0, 0.1) is 11.2 Å². The molecule has 5 heteroatoms. The molecule has 0 aliphatic heterocycles. The largest absolute Gasteiger partial charge is 0.396 e. The molecule has 20 heavy (non-hydrogen) atoms. The van der Waals surface area contributed by atoms with Gasteiger partial charge in [0.2, 0.25) is 0 Å². The Balaban J connectivity index is 2.47. The molecule has 1 aromatic rings. The summed E-state index contributed by atoms with van der Waals surface area (Å²) in [5.41, 5.74) is 0.701. The molecule has 0 saturated heterocycles. The summed E-state index contributed by atoms with van der Waals surface area (Å²) >= 11 is 0. The summed E-state index contributed by atoms with van der Waals surface area (Å²) in [6.45, 7) is 6.39. The van der Waals surface area contributed by atoms with E-state index in [-0.39, 0.29) is 29.9 Å².